The van der Waals surface area contributed by atoms with Crippen molar-refractivity contribution in [3.8, 4) is 5.75 Å². The highest BCUT2D eigenvalue weighted by Crippen LogP contribution is 2.13. The zero-order valence-corrected chi connectivity index (χ0v) is 14.9. The average Bonchev–Trinajstić information content (AvgIpc) is 2.68. The number of ether oxygens (including phenoxy) is 1. The van der Waals surface area contributed by atoms with Crippen molar-refractivity contribution in [2.45, 2.75) is 20.0 Å². The number of rotatable bonds is 6. The first-order valence-corrected chi connectivity index (χ1v) is 8.47. The van der Waals surface area contributed by atoms with Crippen LogP contribution >= 0.6 is 0 Å². The summed E-state index contributed by atoms with van der Waals surface area (Å²) in [6.45, 7) is 2.93. The molecule has 0 aliphatic heterocycles. The second-order valence-electron chi connectivity index (χ2n) is 5.95. The maximum absolute atomic E-state index is 12.7. The summed E-state index contributed by atoms with van der Waals surface area (Å²) in [6, 6.07) is 14.7. The Morgan fingerprint density at radius 1 is 1.15 bits per heavy atom. The Morgan fingerprint density at radius 3 is 2.58 bits per heavy atom. The van der Waals surface area contributed by atoms with Crippen LogP contribution in [0, 0.1) is 0 Å². The summed E-state index contributed by atoms with van der Waals surface area (Å²) in [4.78, 5) is 31.2. The number of benzene rings is 2. The number of hydrogen-bond acceptors (Lipinski definition) is 4. The molecule has 3 aromatic rings. The Kier molecular flexibility index (Phi) is 5.31. The van der Waals surface area contributed by atoms with E-state index in [1.54, 1.807) is 30.2 Å². The van der Waals surface area contributed by atoms with Crippen LogP contribution in [0.4, 0.5) is 0 Å². The van der Waals surface area contributed by atoms with Crippen LogP contribution in [0.1, 0.15) is 12.5 Å². The molecule has 0 saturated heterocycles. The molecule has 0 unspecified atom stereocenters. The molecule has 3 rings (SSSR count). The van der Waals surface area contributed by atoms with E-state index < -0.39 is 0 Å². The van der Waals surface area contributed by atoms with Crippen molar-refractivity contribution in [1.29, 1.82) is 0 Å². The van der Waals surface area contributed by atoms with Gasteiger partial charge in [0.15, 0.2) is 0 Å². The van der Waals surface area contributed by atoms with Crippen LogP contribution in [-0.2, 0) is 17.9 Å². The van der Waals surface area contributed by atoms with Gasteiger partial charge in [-0.2, -0.15) is 0 Å². The van der Waals surface area contributed by atoms with Gasteiger partial charge in [-0.3, -0.25) is 14.2 Å². The van der Waals surface area contributed by atoms with Crippen molar-refractivity contribution < 1.29 is 9.53 Å². The molecule has 26 heavy (non-hydrogen) atoms. The number of aromatic nitrogens is 2. The molecule has 2 aromatic carbocycles. The van der Waals surface area contributed by atoms with E-state index in [9.17, 15) is 9.59 Å². The molecule has 0 N–H and O–H groups in total. The summed E-state index contributed by atoms with van der Waals surface area (Å²) < 4.78 is 6.51. The predicted molar refractivity (Wildman–Crippen MR) is 100 cm³/mol. The zero-order valence-electron chi connectivity index (χ0n) is 14.9. The van der Waals surface area contributed by atoms with E-state index in [4.69, 9.17) is 4.74 Å². The minimum absolute atomic E-state index is 0.0271. The molecule has 0 atom stereocenters. The summed E-state index contributed by atoms with van der Waals surface area (Å²) in [5.74, 6) is 0.652. The third kappa shape index (κ3) is 3.74. The Bertz CT molecular complexity index is 964. The lowest BCUT2D eigenvalue weighted by molar-refractivity contribution is -0.132. The van der Waals surface area contributed by atoms with E-state index in [0.29, 0.717) is 24.0 Å². The van der Waals surface area contributed by atoms with Gasteiger partial charge in [0.05, 0.1) is 24.3 Å². The fraction of sp³-hybridized carbons (Fsp3) is 0.250. The molecule has 0 spiro atoms. The molecular weight excluding hydrogens is 330 g/mol. The van der Waals surface area contributed by atoms with E-state index in [1.807, 2.05) is 37.3 Å². The van der Waals surface area contributed by atoms with Gasteiger partial charge in [-0.1, -0.05) is 24.3 Å². The third-order valence-corrected chi connectivity index (χ3v) is 4.30. The van der Waals surface area contributed by atoms with Crippen LogP contribution in [0.15, 0.2) is 59.7 Å². The molecule has 1 aromatic heterocycles. The highest BCUT2D eigenvalue weighted by atomic mass is 16.5. The summed E-state index contributed by atoms with van der Waals surface area (Å²) in [5.41, 5.74) is 1.43. The monoisotopic (exact) mass is 351 g/mol. The molecule has 0 aliphatic rings. The number of hydrogen-bond donors (Lipinski definition) is 0. The van der Waals surface area contributed by atoms with Crippen LogP contribution in [0.25, 0.3) is 10.9 Å². The normalized spacial score (nSPS) is 10.7. The van der Waals surface area contributed by atoms with Gasteiger partial charge in [0, 0.05) is 13.1 Å². The number of para-hydroxylation sites is 1. The number of amides is 1. The smallest absolute Gasteiger partial charge is 0.261 e. The number of carbonyl (C=O) groups excluding carboxylic acids is 1. The Hall–Kier alpha value is -3.15. The van der Waals surface area contributed by atoms with Gasteiger partial charge in [0.1, 0.15) is 12.3 Å². The van der Waals surface area contributed by atoms with Gasteiger partial charge in [0.2, 0.25) is 5.91 Å². The summed E-state index contributed by atoms with van der Waals surface area (Å²) >= 11 is 0. The summed E-state index contributed by atoms with van der Waals surface area (Å²) in [6.07, 6.45) is 1.43. The minimum atomic E-state index is -0.204. The molecule has 1 amide bonds. The predicted octanol–water partition coefficient (Wildman–Crippen LogP) is 2.45. The fourth-order valence-electron chi connectivity index (χ4n) is 2.79. The topological polar surface area (TPSA) is 64.4 Å². The molecule has 6 heteroatoms. The highest BCUT2D eigenvalue weighted by molar-refractivity contribution is 5.79. The molecule has 0 radical (unpaired) electrons. The third-order valence-electron chi connectivity index (χ3n) is 4.30. The van der Waals surface area contributed by atoms with Gasteiger partial charge < -0.3 is 9.64 Å². The standard InChI is InChI=1S/C20H21N3O3/c1-3-22(12-15-8-10-16(26-2)11-9-15)19(24)13-23-14-21-18-7-5-4-6-17(18)20(23)25/h4-11,14H,3,12-13H2,1-2H3. The molecule has 0 aliphatic carbocycles. The van der Waals surface area contributed by atoms with Crippen LogP contribution in [0.2, 0.25) is 0 Å². The first kappa shape index (κ1) is 17.7. The Morgan fingerprint density at radius 2 is 1.88 bits per heavy atom. The molecule has 0 bridgehead atoms. The largest absolute Gasteiger partial charge is 0.497 e. The SMILES string of the molecule is CCN(Cc1ccc(OC)cc1)C(=O)Cn1cnc2ccccc2c1=O. The number of methoxy groups -OCH3 is 1. The van der Waals surface area contributed by atoms with E-state index >= 15 is 0 Å². The fourth-order valence-corrected chi connectivity index (χ4v) is 2.79. The van der Waals surface area contributed by atoms with Crippen molar-refractivity contribution in [2.24, 2.45) is 0 Å². The van der Waals surface area contributed by atoms with Crippen molar-refractivity contribution in [3.63, 3.8) is 0 Å². The molecule has 1 heterocycles. The highest BCUT2D eigenvalue weighted by Gasteiger charge is 2.14. The number of carbonyl (C=O) groups is 1. The van der Waals surface area contributed by atoms with Gasteiger partial charge in [-0.25, -0.2) is 4.98 Å². The van der Waals surface area contributed by atoms with E-state index in [2.05, 4.69) is 4.98 Å². The lowest BCUT2D eigenvalue weighted by atomic mass is 10.2. The van der Waals surface area contributed by atoms with Crippen LogP contribution in [0.3, 0.4) is 0 Å². The maximum atomic E-state index is 12.7. The maximum Gasteiger partial charge on any atom is 0.261 e. The minimum Gasteiger partial charge on any atom is -0.497 e. The van der Waals surface area contributed by atoms with E-state index in [0.717, 1.165) is 11.3 Å². The quantitative estimate of drug-likeness (QED) is 0.684. The van der Waals surface area contributed by atoms with Gasteiger partial charge >= 0.3 is 0 Å². The van der Waals surface area contributed by atoms with Gasteiger partial charge in [-0.15, -0.1) is 0 Å². The summed E-state index contributed by atoms with van der Waals surface area (Å²) in [7, 11) is 1.62. The lowest BCUT2D eigenvalue weighted by Gasteiger charge is -2.21. The van der Waals surface area contributed by atoms with Crippen LogP contribution in [-0.4, -0.2) is 34.0 Å². The second-order valence-corrected chi connectivity index (χ2v) is 5.95. The van der Waals surface area contributed by atoms with E-state index in [1.165, 1.54) is 10.9 Å². The molecule has 134 valence electrons. The van der Waals surface area contributed by atoms with E-state index in [-0.39, 0.29) is 18.0 Å². The first-order valence-electron chi connectivity index (χ1n) is 8.47. The van der Waals surface area contributed by atoms with Gasteiger partial charge in [-0.05, 0) is 36.8 Å². The van der Waals surface area contributed by atoms with Crippen molar-refractivity contribution >= 4 is 16.8 Å². The van der Waals surface area contributed by atoms with Crippen molar-refractivity contribution in [3.05, 3.63) is 70.8 Å². The molecule has 6 nitrogen and oxygen atoms in total. The first-order chi connectivity index (χ1) is 12.6. The molecule has 0 fully saturated rings. The Balaban J connectivity index is 1.76. The van der Waals surface area contributed by atoms with Crippen molar-refractivity contribution in [2.75, 3.05) is 13.7 Å². The lowest BCUT2D eigenvalue weighted by Crippen LogP contribution is -2.36. The zero-order chi connectivity index (χ0) is 18.5. The molecule has 0 saturated carbocycles. The van der Waals surface area contributed by atoms with Crippen LogP contribution < -0.4 is 10.3 Å². The van der Waals surface area contributed by atoms with Crippen LogP contribution in [0.5, 0.6) is 5.75 Å². The second kappa shape index (κ2) is 7.82. The number of fused-ring (bicyclic) bond motifs is 1. The average molecular weight is 351 g/mol. The van der Waals surface area contributed by atoms with Gasteiger partial charge in [0.25, 0.3) is 5.56 Å². The number of likely N-dealkylation sites (N-methyl/N-ethyl adjacent to an activating group) is 1. The number of nitrogens with zero attached hydrogens (tertiary/aromatic N) is 3. The molecular formula is C20H21N3O3. The van der Waals surface area contributed by atoms with Crippen molar-refractivity contribution in [1.82, 2.24) is 14.5 Å². The Labute approximate surface area is 151 Å². The summed E-state index contributed by atoms with van der Waals surface area (Å²) in [5, 5.41) is 0.515.